The predicted octanol–water partition coefficient (Wildman–Crippen LogP) is 1.84. The first kappa shape index (κ1) is 16.7. The highest BCUT2D eigenvalue weighted by Crippen LogP contribution is 2.16. The number of benzene rings is 1. The van der Waals surface area contributed by atoms with Crippen molar-refractivity contribution in [2.75, 3.05) is 18.8 Å². The molecule has 0 unspecified atom stereocenters. The second-order valence-electron chi connectivity index (χ2n) is 5.10. The summed E-state index contributed by atoms with van der Waals surface area (Å²) in [4.78, 5) is 14.2. The van der Waals surface area contributed by atoms with Crippen molar-refractivity contribution in [2.24, 2.45) is 0 Å². The van der Waals surface area contributed by atoms with Crippen molar-refractivity contribution in [2.45, 2.75) is 25.8 Å². The van der Waals surface area contributed by atoms with Crippen LogP contribution in [0.1, 0.15) is 30.1 Å². The number of nitrogens with one attached hydrogen (secondary N) is 1. The molecular weight excluding hydrogens is 403 g/mol. The van der Waals surface area contributed by atoms with Crippen LogP contribution in [-0.4, -0.2) is 44.1 Å². The zero-order valence-corrected chi connectivity index (χ0v) is 14.9. The van der Waals surface area contributed by atoms with E-state index in [4.69, 9.17) is 0 Å². The van der Waals surface area contributed by atoms with Gasteiger partial charge in [0.2, 0.25) is 10.0 Å². The minimum absolute atomic E-state index is 0.0188. The standard InChI is InChI=1S/C14H19IN2O3S/c1-2-21(19,20)16-13-6-8-17(9-7-13)14(18)11-4-3-5-12(15)10-11/h3-5,10,13,16H,2,6-9H2,1H3. The molecule has 5 nitrogen and oxygen atoms in total. The van der Waals surface area contributed by atoms with Crippen LogP contribution < -0.4 is 4.72 Å². The number of piperidine rings is 1. The fraction of sp³-hybridized carbons (Fsp3) is 0.500. The fourth-order valence-electron chi connectivity index (χ4n) is 2.34. The lowest BCUT2D eigenvalue weighted by molar-refractivity contribution is 0.0711. The molecule has 0 radical (unpaired) electrons. The van der Waals surface area contributed by atoms with Gasteiger partial charge in [0.15, 0.2) is 0 Å². The molecule has 1 heterocycles. The van der Waals surface area contributed by atoms with Crippen molar-refractivity contribution in [3.05, 3.63) is 33.4 Å². The molecule has 21 heavy (non-hydrogen) atoms. The molecule has 0 bridgehead atoms. The summed E-state index contributed by atoms with van der Waals surface area (Å²) in [7, 11) is -3.17. The van der Waals surface area contributed by atoms with Gasteiger partial charge in [-0.2, -0.15) is 0 Å². The van der Waals surface area contributed by atoms with Crippen molar-refractivity contribution in [1.82, 2.24) is 9.62 Å². The molecule has 1 amide bonds. The van der Waals surface area contributed by atoms with Crippen LogP contribution in [-0.2, 0) is 10.0 Å². The van der Waals surface area contributed by atoms with E-state index in [2.05, 4.69) is 27.3 Å². The summed E-state index contributed by atoms with van der Waals surface area (Å²) < 4.78 is 26.8. The second-order valence-corrected chi connectivity index (χ2v) is 8.39. The third-order valence-corrected chi connectivity index (χ3v) is 5.70. The smallest absolute Gasteiger partial charge is 0.253 e. The van der Waals surface area contributed by atoms with E-state index in [0.29, 0.717) is 31.5 Å². The van der Waals surface area contributed by atoms with Gasteiger partial charge in [0, 0.05) is 28.3 Å². The molecule has 1 aromatic rings. The fourth-order valence-corrected chi connectivity index (χ4v) is 3.80. The Kier molecular flexibility index (Phi) is 5.61. The molecule has 0 saturated carbocycles. The van der Waals surface area contributed by atoms with Crippen molar-refractivity contribution in [3.8, 4) is 0 Å². The number of hydrogen-bond donors (Lipinski definition) is 1. The van der Waals surface area contributed by atoms with Gasteiger partial charge >= 0.3 is 0 Å². The molecule has 1 fully saturated rings. The third kappa shape index (κ3) is 4.65. The Morgan fingerprint density at radius 2 is 2.05 bits per heavy atom. The molecule has 2 rings (SSSR count). The Bertz CT molecular complexity index is 610. The zero-order chi connectivity index (χ0) is 15.5. The van der Waals surface area contributed by atoms with Crippen molar-refractivity contribution < 1.29 is 13.2 Å². The predicted molar refractivity (Wildman–Crippen MR) is 90.7 cm³/mol. The Labute approximate surface area is 139 Å². The summed E-state index contributed by atoms with van der Waals surface area (Å²) >= 11 is 2.18. The van der Waals surface area contributed by atoms with Crippen LogP contribution in [0.4, 0.5) is 0 Å². The number of amides is 1. The van der Waals surface area contributed by atoms with Crippen LogP contribution in [0.25, 0.3) is 0 Å². The van der Waals surface area contributed by atoms with Gasteiger partial charge in [-0.1, -0.05) is 6.07 Å². The van der Waals surface area contributed by atoms with Crippen LogP contribution in [0.5, 0.6) is 0 Å². The summed E-state index contributed by atoms with van der Waals surface area (Å²) in [6.07, 6.45) is 1.32. The molecule has 0 aromatic heterocycles. The van der Waals surface area contributed by atoms with Gasteiger partial charge in [-0.15, -0.1) is 0 Å². The summed E-state index contributed by atoms with van der Waals surface area (Å²) in [6, 6.07) is 7.45. The van der Waals surface area contributed by atoms with Crippen molar-refractivity contribution >= 4 is 38.5 Å². The first-order chi connectivity index (χ1) is 9.91. The van der Waals surface area contributed by atoms with E-state index in [1.54, 1.807) is 11.8 Å². The number of likely N-dealkylation sites (tertiary alicyclic amines) is 1. The molecule has 7 heteroatoms. The molecule has 1 aliphatic heterocycles. The quantitative estimate of drug-likeness (QED) is 0.754. The lowest BCUT2D eigenvalue weighted by atomic mass is 10.0. The maximum atomic E-state index is 12.4. The van der Waals surface area contributed by atoms with Crippen LogP contribution >= 0.6 is 22.6 Å². The molecular formula is C14H19IN2O3S. The van der Waals surface area contributed by atoms with E-state index < -0.39 is 10.0 Å². The van der Waals surface area contributed by atoms with Crippen LogP contribution in [0.2, 0.25) is 0 Å². The summed E-state index contributed by atoms with van der Waals surface area (Å²) in [5.74, 6) is 0.111. The molecule has 1 saturated heterocycles. The van der Waals surface area contributed by atoms with E-state index in [-0.39, 0.29) is 17.7 Å². The second kappa shape index (κ2) is 7.06. The molecule has 1 N–H and O–H groups in total. The number of halogens is 1. The Morgan fingerprint density at radius 1 is 1.38 bits per heavy atom. The number of rotatable bonds is 4. The Balaban J connectivity index is 1.93. The molecule has 0 aliphatic carbocycles. The van der Waals surface area contributed by atoms with Gasteiger partial charge in [-0.05, 0) is 60.6 Å². The zero-order valence-electron chi connectivity index (χ0n) is 11.9. The first-order valence-electron chi connectivity index (χ1n) is 6.96. The Hall–Kier alpha value is -0.670. The average Bonchev–Trinajstić information content (AvgIpc) is 2.47. The SMILES string of the molecule is CCS(=O)(=O)NC1CCN(C(=O)c2cccc(I)c2)CC1. The molecule has 0 spiro atoms. The van der Waals surface area contributed by atoms with E-state index in [0.717, 1.165) is 3.57 Å². The lowest BCUT2D eigenvalue weighted by Crippen LogP contribution is -2.46. The van der Waals surface area contributed by atoms with Gasteiger partial charge in [0.25, 0.3) is 5.91 Å². The topological polar surface area (TPSA) is 66.5 Å². The van der Waals surface area contributed by atoms with Crippen molar-refractivity contribution in [3.63, 3.8) is 0 Å². The van der Waals surface area contributed by atoms with Gasteiger partial charge in [-0.3, -0.25) is 4.79 Å². The first-order valence-corrected chi connectivity index (χ1v) is 9.69. The molecule has 0 atom stereocenters. The highest BCUT2D eigenvalue weighted by Gasteiger charge is 2.25. The third-order valence-electron chi connectivity index (χ3n) is 3.58. The number of carbonyl (C=O) groups is 1. The number of carbonyl (C=O) groups excluding carboxylic acids is 1. The van der Waals surface area contributed by atoms with Gasteiger partial charge in [0.05, 0.1) is 5.75 Å². The number of sulfonamides is 1. The average molecular weight is 422 g/mol. The highest BCUT2D eigenvalue weighted by molar-refractivity contribution is 14.1. The minimum Gasteiger partial charge on any atom is -0.339 e. The van der Waals surface area contributed by atoms with E-state index >= 15 is 0 Å². The molecule has 116 valence electrons. The summed E-state index contributed by atoms with van der Waals surface area (Å²) in [5, 5.41) is 0. The molecule has 1 aliphatic rings. The van der Waals surface area contributed by atoms with Crippen LogP contribution in [0.15, 0.2) is 24.3 Å². The van der Waals surface area contributed by atoms with E-state index in [9.17, 15) is 13.2 Å². The van der Waals surface area contributed by atoms with Crippen LogP contribution in [0.3, 0.4) is 0 Å². The normalized spacial score (nSPS) is 17.0. The van der Waals surface area contributed by atoms with Crippen molar-refractivity contribution in [1.29, 1.82) is 0 Å². The van der Waals surface area contributed by atoms with Crippen LogP contribution in [0, 0.1) is 3.57 Å². The van der Waals surface area contributed by atoms with E-state index in [1.807, 2.05) is 24.3 Å². The maximum Gasteiger partial charge on any atom is 0.253 e. The largest absolute Gasteiger partial charge is 0.339 e. The highest BCUT2D eigenvalue weighted by atomic mass is 127. The lowest BCUT2D eigenvalue weighted by Gasteiger charge is -2.32. The molecule has 1 aromatic carbocycles. The number of nitrogens with zero attached hydrogens (tertiary/aromatic N) is 1. The summed E-state index contributed by atoms with van der Waals surface area (Å²) in [5.41, 5.74) is 0.689. The monoisotopic (exact) mass is 422 g/mol. The van der Waals surface area contributed by atoms with Gasteiger partial charge in [-0.25, -0.2) is 13.1 Å². The van der Waals surface area contributed by atoms with Gasteiger partial charge in [0.1, 0.15) is 0 Å². The number of hydrogen-bond acceptors (Lipinski definition) is 3. The Morgan fingerprint density at radius 3 is 2.62 bits per heavy atom. The van der Waals surface area contributed by atoms with Gasteiger partial charge < -0.3 is 4.90 Å². The van der Waals surface area contributed by atoms with E-state index in [1.165, 1.54) is 0 Å². The maximum absolute atomic E-state index is 12.4. The summed E-state index contributed by atoms with van der Waals surface area (Å²) in [6.45, 7) is 2.79. The minimum atomic E-state index is -3.17.